The van der Waals surface area contributed by atoms with Crippen molar-refractivity contribution in [1.29, 1.82) is 0 Å². The summed E-state index contributed by atoms with van der Waals surface area (Å²) < 4.78 is 7.56. The maximum absolute atomic E-state index is 12.9. The lowest BCUT2D eigenvalue weighted by Gasteiger charge is -2.23. The fourth-order valence-corrected chi connectivity index (χ4v) is 4.25. The minimum absolute atomic E-state index is 0.0409. The van der Waals surface area contributed by atoms with E-state index in [-0.39, 0.29) is 17.9 Å². The molecule has 0 bridgehead atoms. The van der Waals surface area contributed by atoms with Crippen LogP contribution in [-0.4, -0.2) is 34.5 Å². The monoisotopic (exact) mass is 425 g/mol. The van der Waals surface area contributed by atoms with Gasteiger partial charge >= 0.3 is 0 Å². The molecule has 0 radical (unpaired) electrons. The van der Waals surface area contributed by atoms with Crippen molar-refractivity contribution in [3.05, 3.63) is 69.6 Å². The number of nitrogens with zero attached hydrogens (tertiary/aromatic N) is 2. The molecule has 5 nitrogen and oxygen atoms in total. The van der Waals surface area contributed by atoms with Crippen LogP contribution in [0.4, 0.5) is 0 Å². The highest BCUT2D eigenvalue weighted by Crippen LogP contribution is 2.26. The van der Waals surface area contributed by atoms with Gasteiger partial charge in [0.2, 0.25) is 0 Å². The molecule has 3 aromatic rings. The van der Waals surface area contributed by atoms with E-state index in [1.807, 2.05) is 31.2 Å². The molecule has 1 aliphatic rings. The van der Waals surface area contributed by atoms with Crippen molar-refractivity contribution < 1.29 is 9.53 Å². The van der Waals surface area contributed by atoms with E-state index in [1.165, 1.54) is 5.56 Å². The Bertz CT molecular complexity index is 1050. The number of halogens is 1. The highest BCUT2D eigenvalue weighted by atomic mass is 35.5. The van der Waals surface area contributed by atoms with Crippen molar-refractivity contribution in [1.82, 2.24) is 14.7 Å². The number of nitrogens with one attached hydrogen (secondary N) is 1. The molecule has 0 aliphatic carbocycles. The summed E-state index contributed by atoms with van der Waals surface area (Å²) in [6, 6.07) is 12.0. The number of fused-ring (bicyclic) bond motifs is 1. The van der Waals surface area contributed by atoms with Crippen molar-refractivity contribution in [2.45, 2.75) is 52.0 Å². The molecule has 158 valence electrons. The third-order valence-electron chi connectivity index (χ3n) is 5.68. The van der Waals surface area contributed by atoms with Gasteiger partial charge in [-0.1, -0.05) is 37.6 Å². The number of benzene rings is 1. The molecule has 2 aromatic heterocycles. The predicted octanol–water partition coefficient (Wildman–Crippen LogP) is 4.92. The first-order chi connectivity index (χ1) is 14.4. The lowest BCUT2D eigenvalue weighted by molar-refractivity contribution is 0.0696. The molecule has 0 spiro atoms. The van der Waals surface area contributed by atoms with Crippen LogP contribution in [0.3, 0.4) is 0 Å². The third-order valence-corrected chi connectivity index (χ3v) is 5.93. The maximum atomic E-state index is 12.9. The number of hydrogen-bond donors (Lipinski definition) is 1. The summed E-state index contributed by atoms with van der Waals surface area (Å²) in [4.78, 5) is 17.8. The van der Waals surface area contributed by atoms with E-state index in [1.54, 1.807) is 0 Å². The fourth-order valence-electron chi connectivity index (χ4n) is 4.12. The van der Waals surface area contributed by atoms with E-state index in [2.05, 4.69) is 35.7 Å². The lowest BCUT2D eigenvalue weighted by atomic mass is 10.0. The minimum Gasteiger partial charge on any atom is -0.381 e. The molecule has 1 saturated heterocycles. The van der Waals surface area contributed by atoms with Crippen LogP contribution in [0.25, 0.3) is 5.65 Å². The van der Waals surface area contributed by atoms with Gasteiger partial charge < -0.3 is 14.5 Å². The van der Waals surface area contributed by atoms with Gasteiger partial charge in [0.15, 0.2) is 0 Å². The van der Waals surface area contributed by atoms with Gasteiger partial charge in [0.05, 0.1) is 11.4 Å². The molecular formula is C24H28ClN3O2. The Balaban J connectivity index is 1.69. The zero-order valence-electron chi connectivity index (χ0n) is 17.7. The summed E-state index contributed by atoms with van der Waals surface area (Å²) in [7, 11) is 0. The quantitative estimate of drug-likeness (QED) is 0.631. The molecule has 30 heavy (non-hydrogen) atoms. The Labute approximate surface area is 182 Å². The van der Waals surface area contributed by atoms with Crippen LogP contribution in [0.5, 0.6) is 0 Å². The second-order valence-electron chi connectivity index (χ2n) is 8.34. The summed E-state index contributed by atoms with van der Waals surface area (Å²) in [5.74, 6) is 0.243. The Morgan fingerprint density at radius 3 is 2.60 bits per heavy atom. The number of imidazole rings is 1. The van der Waals surface area contributed by atoms with Gasteiger partial charge in [-0.15, -0.1) is 0 Å². The number of aryl methyl sites for hydroxylation is 1. The highest BCUT2D eigenvalue weighted by molar-refractivity contribution is 6.30. The molecule has 1 aliphatic heterocycles. The second kappa shape index (κ2) is 8.78. The van der Waals surface area contributed by atoms with E-state index in [9.17, 15) is 4.79 Å². The van der Waals surface area contributed by atoms with E-state index in [0.29, 0.717) is 18.8 Å². The summed E-state index contributed by atoms with van der Waals surface area (Å²) in [6.07, 6.45) is 2.48. The molecular weight excluding hydrogens is 398 g/mol. The number of aromatic nitrogens is 2. The number of pyridine rings is 1. The normalized spacial score (nSPS) is 15.1. The Hall–Kier alpha value is -2.37. The standard InChI is InChI=1S/C24H28ClN3O2/c1-15(2)23-21(13-17-4-6-19(25)7-5-17)28-16(3)12-18(14-22(28)27-23)24(29)26-20-8-10-30-11-9-20/h4-7,12,14-15,20H,8-11,13H2,1-3H3,(H,26,29). The number of ether oxygens (including phenoxy) is 1. The molecule has 0 saturated carbocycles. The zero-order valence-corrected chi connectivity index (χ0v) is 18.5. The summed E-state index contributed by atoms with van der Waals surface area (Å²) in [5.41, 5.74) is 5.90. The van der Waals surface area contributed by atoms with Crippen molar-refractivity contribution >= 4 is 23.2 Å². The first-order valence-electron chi connectivity index (χ1n) is 10.6. The van der Waals surface area contributed by atoms with Crippen molar-refractivity contribution in [3.63, 3.8) is 0 Å². The molecule has 1 amide bonds. The highest BCUT2D eigenvalue weighted by Gasteiger charge is 2.21. The topological polar surface area (TPSA) is 55.6 Å². The van der Waals surface area contributed by atoms with E-state index < -0.39 is 0 Å². The lowest BCUT2D eigenvalue weighted by Crippen LogP contribution is -2.38. The number of carbonyl (C=O) groups is 1. The molecule has 1 fully saturated rings. The first-order valence-corrected chi connectivity index (χ1v) is 10.9. The molecule has 6 heteroatoms. The second-order valence-corrected chi connectivity index (χ2v) is 8.78. The molecule has 4 rings (SSSR count). The molecule has 3 heterocycles. The SMILES string of the molecule is Cc1cc(C(=O)NC2CCOCC2)cc2nc(C(C)C)c(Cc3ccc(Cl)cc3)n12. The summed E-state index contributed by atoms with van der Waals surface area (Å²) in [6.45, 7) is 7.75. The van der Waals surface area contributed by atoms with E-state index in [4.69, 9.17) is 21.3 Å². The average molecular weight is 426 g/mol. The van der Waals surface area contributed by atoms with Gasteiger partial charge in [0, 0.05) is 42.0 Å². The van der Waals surface area contributed by atoms with Crippen LogP contribution in [0, 0.1) is 6.92 Å². The molecule has 1 aromatic carbocycles. The number of amides is 1. The van der Waals surface area contributed by atoms with Crippen LogP contribution < -0.4 is 5.32 Å². The first kappa shape index (κ1) is 20.9. The largest absolute Gasteiger partial charge is 0.381 e. The summed E-state index contributed by atoms with van der Waals surface area (Å²) in [5, 5.41) is 3.88. The average Bonchev–Trinajstić information content (AvgIpc) is 3.09. The molecule has 1 N–H and O–H groups in total. The third kappa shape index (κ3) is 4.37. The number of rotatable bonds is 5. The van der Waals surface area contributed by atoms with E-state index in [0.717, 1.165) is 47.0 Å². The van der Waals surface area contributed by atoms with Crippen molar-refractivity contribution in [2.24, 2.45) is 0 Å². The maximum Gasteiger partial charge on any atom is 0.251 e. The fraction of sp³-hybridized carbons (Fsp3) is 0.417. The minimum atomic E-state index is -0.0409. The number of hydrogen-bond acceptors (Lipinski definition) is 3. The van der Waals surface area contributed by atoms with E-state index >= 15 is 0 Å². The van der Waals surface area contributed by atoms with Crippen molar-refractivity contribution in [2.75, 3.05) is 13.2 Å². The number of carbonyl (C=O) groups excluding carboxylic acids is 1. The Kier molecular flexibility index (Phi) is 6.11. The van der Waals surface area contributed by atoms with Gasteiger partial charge in [0.1, 0.15) is 5.65 Å². The predicted molar refractivity (Wildman–Crippen MR) is 120 cm³/mol. The van der Waals surface area contributed by atoms with Gasteiger partial charge in [-0.25, -0.2) is 4.98 Å². The van der Waals surface area contributed by atoms with Crippen LogP contribution in [-0.2, 0) is 11.2 Å². The Morgan fingerprint density at radius 2 is 1.93 bits per heavy atom. The van der Waals surface area contributed by atoms with Gasteiger partial charge in [-0.2, -0.15) is 0 Å². The van der Waals surface area contributed by atoms with Gasteiger partial charge in [-0.3, -0.25) is 4.79 Å². The molecule has 0 unspecified atom stereocenters. The van der Waals surface area contributed by atoms with Crippen LogP contribution in [0.15, 0.2) is 36.4 Å². The summed E-state index contributed by atoms with van der Waals surface area (Å²) >= 11 is 6.05. The van der Waals surface area contributed by atoms with Crippen molar-refractivity contribution in [3.8, 4) is 0 Å². The zero-order chi connectivity index (χ0) is 21.3. The Morgan fingerprint density at radius 1 is 1.23 bits per heavy atom. The van der Waals surface area contributed by atoms with Gasteiger partial charge in [0.25, 0.3) is 5.91 Å². The van der Waals surface area contributed by atoms with Crippen LogP contribution in [0.2, 0.25) is 5.02 Å². The molecule has 0 atom stereocenters. The van der Waals surface area contributed by atoms with Crippen LogP contribution in [0.1, 0.15) is 65.6 Å². The smallest absolute Gasteiger partial charge is 0.251 e. The van der Waals surface area contributed by atoms with Crippen LogP contribution >= 0.6 is 11.6 Å². The van der Waals surface area contributed by atoms with Gasteiger partial charge in [-0.05, 0) is 55.5 Å².